The van der Waals surface area contributed by atoms with E-state index in [0.29, 0.717) is 23.2 Å². The zero-order valence-electron chi connectivity index (χ0n) is 12.4. The summed E-state index contributed by atoms with van der Waals surface area (Å²) in [6, 6.07) is 14.4. The second-order valence-electron chi connectivity index (χ2n) is 5.13. The average molecular weight is 306 g/mol. The Morgan fingerprint density at radius 3 is 2.30 bits per heavy atom. The van der Waals surface area contributed by atoms with Gasteiger partial charge in [0.25, 0.3) is 0 Å². The lowest BCUT2D eigenvalue weighted by Gasteiger charge is -2.08. The van der Waals surface area contributed by atoms with Crippen LogP contribution in [-0.2, 0) is 0 Å². The van der Waals surface area contributed by atoms with Crippen molar-refractivity contribution in [1.29, 1.82) is 0 Å². The van der Waals surface area contributed by atoms with E-state index < -0.39 is 5.91 Å². The maximum absolute atomic E-state index is 11.3. The van der Waals surface area contributed by atoms with Crippen LogP contribution in [0.3, 0.4) is 0 Å². The van der Waals surface area contributed by atoms with Crippen LogP contribution in [0.2, 0.25) is 0 Å². The summed E-state index contributed by atoms with van der Waals surface area (Å²) in [6.45, 7) is 1.99. The molecule has 23 heavy (non-hydrogen) atoms. The number of carbonyl (C=O) groups excluding carboxylic acids is 2. The highest BCUT2D eigenvalue weighted by molar-refractivity contribution is 5.93. The number of rotatable bonds is 4. The number of carbonyl (C=O) groups is 2. The summed E-state index contributed by atoms with van der Waals surface area (Å²) in [4.78, 5) is 22.4. The average Bonchev–Trinajstić information content (AvgIpc) is 2.99. The lowest BCUT2D eigenvalue weighted by Crippen LogP contribution is -2.11. The predicted octanol–water partition coefficient (Wildman–Crippen LogP) is 2.15. The number of hydrogen-bond acceptors (Lipinski definition) is 4. The van der Waals surface area contributed by atoms with Crippen molar-refractivity contribution >= 4 is 12.2 Å². The topological polar surface area (TPSA) is 90.9 Å². The molecule has 2 aromatic carbocycles. The standard InChI is InChI=1S/C17H14N4O2/c1-11-2-4-12(5-3-11)16-15(10-22)19-20-21(16)14-8-6-13(7-9-14)17(18)23/h2-10H,1H3,(H2,18,23). The lowest BCUT2D eigenvalue weighted by atomic mass is 10.1. The van der Waals surface area contributed by atoms with Crippen molar-refractivity contribution in [2.45, 2.75) is 6.92 Å². The fourth-order valence-corrected chi connectivity index (χ4v) is 2.30. The maximum Gasteiger partial charge on any atom is 0.248 e. The third kappa shape index (κ3) is 2.74. The normalized spacial score (nSPS) is 10.5. The van der Waals surface area contributed by atoms with Gasteiger partial charge in [-0.3, -0.25) is 9.59 Å². The van der Waals surface area contributed by atoms with Crippen LogP contribution in [0.25, 0.3) is 16.9 Å². The van der Waals surface area contributed by atoms with Gasteiger partial charge < -0.3 is 5.73 Å². The molecule has 0 fully saturated rings. The van der Waals surface area contributed by atoms with Gasteiger partial charge in [0, 0.05) is 11.1 Å². The van der Waals surface area contributed by atoms with E-state index in [1.807, 2.05) is 31.2 Å². The van der Waals surface area contributed by atoms with Crippen LogP contribution in [-0.4, -0.2) is 27.2 Å². The molecule has 0 aliphatic rings. The molecule has 2 N–H and O–H groups in total. The summed E-state index contributed by atoms with van der Waals surface area (Å²) in [5.74, 6) is -0.498. The first-order valence-electron chi connectivity index (χ1n) is 6.98. The highest BCUT2D eigenvalue weighted by Crippen LogP contribution is 2.25. The van der Waals surface area contributed by atoms with Crippen molar-refractivity contribution < 1.29 is 9.59 Å². The first-order valence-corrected chi connectivity index (χ1v) is 6.98. The van der Waals surface area contributed by atoms with E-state index in [0.717, 1.165) is 11.1 Å². The molecule has 114 valence electrons. The van der Waals surface area contributed by atoms with E-state index in [2.05, 4.69) is 10.3 Å². The number of nitrogens with two attached hydrogens (primary N) is 1. The molecular weight excluding hydrogens is 292 g/mol. The number of primary amides is 1. The van der Waals surface area contributed by atoms with Gasteiger partial charge in [0.2, 0.25) is 5.91 Å². The van der Waals surface area contributed by atoms with Crippen molar-refractivity contribution in [3.63, 3.8) is 0 Å². The van der Waals surface area contributed by atoms with Crippen molar-refractivity contribution in [3.8, 4) is 16.9 Å². The molecule has 0 aliphatic heterocycles. The SMILES string of the molecule is Cc1ccc(-c2c(C=O)nnn2-c2ccc(C(N)=O)cc2)cc1. The van der Waals surface area contributed by atoms with Crippen molar-refractivity contribution in [2.75, 3.05) is 0 Å². The van der Waals surface area contributed by atoms with Gasteiger partial charge >= 0.3 is 0 Å². The quantitative estimate of drug-likeness (QED) is 0.748. The monoisotopic (exact) mass is 306 g/mol. The number of aryl methyl sites for hydroxylation is 1. The summed E-state index contributed by atoms with van der Waals surface area (Å²) in [7, 11) is 0. The molecule has 3 rings (SSSR count). The highest BCUT2D eigenvalue weighted by atomic mass is 16.1. The molecule has 0 aliphatic carbocycles. The van der Waals surface area contributed by atoms with Gasteiger partial charge in [0.15, 0.2) is 12.0 Å². The first kappa shape index (κ1) is 14.6. The molecule has 0 spiro atoms. The third-order valence-corrected chi connectivity index (χ3v) is 3.53. The second kappa shape index (κ2) is 5.84. The van der Waals surface area contributed by atoms with Gasteiger partial charge in [0.1, 0.15) is 5.69 Å². The molecule has 1 heterocycles. The molecule has 6 nitrogen and oxygen atoms in total. The maximum atomic E-state index is 11.3. The summed E-state index contributed by atoms with van der Waals surface area (Å²) >= 11 is 0. The van der Waals surface area contributed by atoms with E-state index in [1.165, 1.54) is 0 Å². The zero-order valence-corrected chi connectivity index (χ0v) is 12.4. The summed E-state index contributed by atoms with van der Waals surface area (Å²) in [6.07, 6.45) is 0.677. The van der Waals surface area contributed by atoms with E-state index >= 15 is 0 Å². The number of hydrogen-bond donors (Lipinski definition) is 1. The smallest absolute Gasteiger partial charge is 0.248 e. The predicted molar refractivity (Wildman–Crippen MR) is 85.4 cm³/mol. The Hall–Kier alpha value is -3.28. The molecule has 6 heteroatoms. The van der Waals surface area contributed by atoms with Crippen LogP contribution < -0.4 is 5.73 Å². The Bertz CT molecular complexity index is 865. The number of aromatic nitrogens is 3. The minimum Gasteiger partial charge on any atom is -0.366 e. The largest absolute Gasteiger partial charge is 0.366 e. The fourth-order valence-electron chi connectivity index (χ4n) is 2.30. The molecule has 0 radical (unpaired) electrons. The van der Waals surface area contributed by atoms with Crippen LogP contribution in [0.5, 0.6) is 0 Å². The Morgan fingerprint density at radius 2 is 1.74 bits per heavy atom. The van der Waals surface area contributed by atoms with E-state index in [4.69, 9.17) is 5.73 Å². The van der Waals surface area contributed by atoms with Gasteiger partial charge in [-0.25, -0.2) is 4.68 Å². The summed E-state index contributed by atoms with van der Waals surface area (Å²) in [5.41, 5.74) is 9.15. The highest BCUT2D eigenvalue weighted by Gasteiger charge is 2.16. The molecular formula is C17H14N4O2. The molecule has 1 amide bonds. The minimum absolute atomic E-state index is 0.257. The Balaban J connectivity index is 2.13. The first-order chi connectivity index (χ1) is 11.1. The summed E-state index contributed by atoms with van der Waals surface area (Å²) < 4.78 is 1.57. The van der Waals surface area contributed by atoms with Crippen LogP contribution in [0.4, 0.5) is 0 Å². The zero-order chi connectivity index (χ0) is 16.4. The van der Waals surface area contributed by atoms with Gasteiger partial charge in [0.05, 0.1) is 5.69 Å². The van der Waals surface area contributed by atoms with Crippen LogP contribution in [0, 0.1) is 6.92 Å². The Kier molecular flexibility index (Phi) is 3.72. The number of benzene rings is 2. The Labute approximate surface area is 132 Å². The number of aldehydes is 1. The summed E-state index contributed by atoms with van der Waals surface area (Å²) in [5, 5.41) is 7.97. The van der Waals surface area contributed by atoms with Crippen LogP contribution in [0.15, 0.2) is 48.5 Å². The van der Waals surface area contributed by atoms with Gasteiger partial charge in [-0.15, -0.1) is 5.10 Å². The number of nitrogens with zero attached hydrogens (tertiary/aromatic N) is 3. The van der Waals surface area contributed by atoms with Gasteiger partial charge in [-0.2, -0.15) is 0 Å². The second-order valence-corrected chi connectivity index (χ2v) is 5.13. The van der Waals surface area contributed by atoms with Gasteiger partial charge in [-0.05, 0) is 31.2 Å². The van der Waals surface area contributed by atoms with E-state index in [-0.39, 0.29) is 5.69 Å². The Morgan fingerprint density at radius 1 is 1.09 bits per heavy atom. The molecule has 0 unspecified atom stereocenters. The molecule has 0 atom stereocenters. The van der Waals surface area contributed by atoms with Crippen LogP contribution in [0.1, 0.15) is 26.4 Å². The number of amides is 1. The minimum atomic E-state index is -0.498. The van der Waals surface area contributed by atoms with Crippen molar-refractivity contribution in [1.82, 2.24) is 15.0 Å². The van der Waals surface area contributed by atoms with Crippen molar-refractivity contribution in [2.24, 2.45) is 5.73 Å². The molecule has 1 aromatic heterocycles. The van der Waals surface area contributed by atoms with Crippen LogP contribution >= 0.6 is 0 Å². The third-order valence-electron chi connectivity index (χ3n) is 3.53. The molecule has 3 aromatic rings. The van der Waals surface area contributed by atoms with E-state index in [1.54, 1.807) is 28.9 Å². The molecule has 0 saturated heterocycles. The van der Waals surface area contributed by atoms with Gasteiger partial charge in [-0.1, -0.05) is 35.0 Å². The fraction of sp³-hybridized carbons (Fsp3) is 0.0588. The van der Waals surface area contributed by atoms with Crippen molar-refractivity contribution in [3.05, 3.63) is 65.4 Å². The van der Waals surface area contributed by atoms with E-state index in [9.17, 15) is 9.59 Å². The lowest BCUT2D eigenvalue weighted by molar-refractivity contribution is 0.1000. The molecule has 0 bridgehead atoms. The molecule has 0 saturated carbocycles.